The molecule has 31 heavy (non-hydrogen) atoms. The van der Waals surface area contributed by atoms with Gasteiger partial charge in [0.05, 0.1) is 25.3 Å². The Balaban J connectivity index is 0.00000272. The minimum absolute atomic E-state index is 0. The highest BCUT2D eigenvalue weighted by Crippen LogP contribution is 2.33. The molecule has 1 aromatic heterocycles. The Bertz CT molecular complexity index is 841. The summed E-state index contributed by atoms with van der Waals surface area (Å²) >= 11 is 0. The molecule has 2 aromatic rings. The van der Waals surface area contributed by atoms with E-state index in [2.05, 4.69) is 51.7 Å². The number of aromatic nitrogens is 1. The van der Waals surface area contributed by atoms with Crippen molar-refractivity contribution in [3.63, 3.8) is 0 Å². The van der Waals surface area contributed by atoms with Gasteiger partial charge in [-0.3, -0.25) is 9.88 Å². The number of halogens is 1. The molecule has 0 bridgehead atoms. The first-order valence-electron chi connectivity index (χ1n) is 11.5. The Kier molecular flexibility index (Phi) is 9.34. The summed E-state index contributed by atoms with van der Waals surface area (Å²) < 4.78 is 5.62. The number of pyridine rings is 1. The third-order valence-corrected chi connectivity index (χ3v) is 6.54. The minimum Gasteiger partial charge on any atom is -0.379 e. The largest absolute Gasteiger partial charge is 0.379 e. The summed E-state index contributed by atoms with van der Waals surface area (Å²) in [6, 6.07) is 10.4. The van der Waals surface area contributed by atoms with Crippen LogP contribution in [0.25, 0.3) is 10.9 Å². The van der Waals surface area contributed by atoms with Crippen LogP contribution in [0.2, 0.25) is 0 Å². The number of hydrogen-bond acceptors (Lipinski definition) is 4. The summed E-state index contributed by atoms with van der Waals surface area (Å²) in [4.78, 5) is 12.1. The second-order valence-electron chi connectivity index (χ2n) is 8.42. The van der Waals surface area contributed by atoms with E-state index in [1.54, 1.807) is 0 Å². The number of para-hydroxylation sites is 1. The van der Waals surface area contributed by atoms with Gasteiger partial charge in [0.1, 0.15) is 0 Å². The Morgan fingerprint density at radius 1 is 1.10 bits per heavy atom. The standard InChI is InChI=1S/C24H35N5O.HI/c1-2-25-23(27-18-20-10-13-26-22-9-5-4-8-21(20)22)28-19-24(11-6-3-7-12-24)29-14-16-30-17-15-29;/h4-5,8-10,13H,2-3,6-7,11-12,14-19H2,1H3,(H2,25,27,28);1H. The second kappa shape index (κ2) is 12.0. The molecule has 4 rings (SSSR count). The zero-order chi connectivity index (χ0) is 20.7. The van der Waals surface area contributed by atoms with E-state index in [1.165, 1.54) is 43.1 Å². The maximum absolute atomic E-state index is 5.62. The molecule has 0 spiro atoms. The van der Waals surface area contributed by atoms with Crippen LogP contribution in [0.1, 0.15) is 44.6 Å². The second-order valence-corrected chi connectivity index (χ2v) is 8.42. The number of nitrogens with zero attached hydrogens (tertiary/aromatic N) is 3. The van der Waals surface area contributed by atoms with Crippen LogP contribution in [0.4, 0.5) is 0 Å². The SMILES string of the molecule is CCNC(=NCc1ccnc2ccccc12)NCC1(N2CCOCC2)CCCCC1.I. The van der Waals surface area contributed by atoms with Crippen molar-refractivity contribution >= 4 is 40.8 Å². The number of guanidine groups is 1. The minimum atomic E-state index is 0. The fourth-order valence-electron chi connectivity index (χ4n) is 4.90. The fourth-order valence-corrected chi connectivity index (χ4v) is 4.90. The molecule has 0 amide bonds. The predicted molar refractivity (Wildman–Crippen MR) is 138 cm³/mol. The van der Waals surface area contributed by atoms with Crippen molar-refractivity contribution in [2.24, 2.45) is 4.99 Å². The number of nitrogens with one attached hydrogen (secondary N) is 2. The molecule has 170 valence electrons. The fraction of sp³-hybridized carbons (Fsp3) is 0.583. The average Bonchev–Trinajstić information content (AvgIpc) is 2.82. The first-order valence-corrected chi connectivity index (χ1v) is 11.5. The molecule has 0 radical (unpaired) electrons. The van der Waals surface area contributed by atoms with Crippen molar-refractivity contribution in [3.8, 4) is 0 Å². The highest BCUT2D eigenvalue weighted by molar-refractivity contribution is 14.0. The van der Waals surface area contributed by atoms with Crippen LogP contribution in [-0.2, 0) is 11.3 Å². The number of benzene rings is 1. The molecule has 0 unspecified atom stereocenters. The van der Waals surface area contributed by atoms with Gasteiger partial charge in [-0.25, -0.2) is 4.99 Å². The number of ether oxygens (including phenoxy) is 1. The number of rotatable bonds is 6. The van der Waals surface area contributed by atoms with Crippen molar-refractivity contribution in [2.45, 2.75) is 51.1 Å². The maximum atomic E-state index is 5.62. The number of fused-ring (bicyclic) bond motifs is 1. The lowest BCUT2D eigenvalue weighted by Gasteiger charge is -2.48. The number of morpholine rings is 1. The van der Waals surface area contributed by atoms with Crippen molar-refractivity contribution < 1.29 is 4.74 Å². The van der Waals surface area contributed by atoms with Gasteiger partial charge in [0, 0.05) is 43.3 Å². The van der Waals surface area contributed by atoms with Crippen LogP contribution >= 0.6 is 24.0 Å². The first-order chi connectivity index (χ1) is 14.8. The summed E-state index contributed by atoms with van der Waals surface area (Å²) in [7, 11) is 0. The summed E-state index contributed by atoms with van der Waals surface area (Å²) in [5.74, 6) is 0.900. The summed E-state index contributed by atoms with van der Waals surface area (Å²) in [5.41, 5.74) is 2.46. The normalized spacial score (nSPS) is 19.6. The highest BCUT2D eigenvalue weighted by Gasteiger charge is 2.38. The van der Waals surface area contributed by atoms with Crippen LogP contribution in [0.15, 0.2) is 41.5 Å². The number of hydrogen-bond donors (Lipinski definition) is 2. The topological polar surface area (TPSA) is 61.8 Å². The summed E-state index contributed by atoms with van der Waals surface area (Å²) in [6.07, 6.45) is 8.38. The van der Waals surface area contributed by atoms with Crippen molar-refractivity contribution in [1.82, 2.24) is 20.5 Å². The van der Waals surface area contributed by atoms with Crippen LogP contribution in [0.3, 0.4) is 0 Å². The van der Waals surface area contributed by atoms with E-state index in [9.17, 15) is 0 Å². The van der Waals surface area contributed by atoms with Gasteiger partial charge < -0.3 is 15.4 Å². The molecule has 1 aliphatic heterocycles. The predicted octanol–water partition coefficient (Wildman–Crippen LogP) is 3.94. The van der Waals surface area contributed by atoms with E-state index in [-0.39, 0.29) is 29.5 Å². The average molecular weight is 537 g/mol. The highest BCUT2D eigenvalue weighted by atomic mass is 127. The Labute approximate surface area is 203 Å². The molecular formula is C24H36IN5O. The zero-order valence-corrected chi connectivity index (χ0v) is 20.9. The lowest BCUT2D eigenvalue weighted by atomic mass is 9.80. The third kappa shape index (κ3) is 6.08. The molecular weight excluding hydrogens is 501 g/mol. The quantitative estimate of drug-likeness (QED) is 0.332. The van der Waals surface area contributed by atoms with Crippen LogP contribution in [-0.4, -0.2) is 60.8 Å². The van der Waals surface area contributed by atoms with Gasteiger partial charge in [-0.2, -0.15) is 0 Å². The van der Waals surface area contributed by atoms with Gasteiger partial charge in [0.25, 0.3) is 0 Å². The van der Waals surface area contributed by atoms with Gasteiger partial charge in [-0.15, -0.1) is 24.0 Å². The molecule has 2 N–H and O–H groups in total. The Morgan fingerprint density at radius 2 is 1.87 bits per heavy atom. The van der Waals surface area contributed by atoms with E-state index < -0.39 is 0 Å². The Morgan fingerprint density at radius 3 is 2.65 bits per heavy atom. The molecule has 2 heterocycles. The zero-order valence-electron chi connectivity index (χ0n) is 18.6. The van der Waals surface area contributed by atoms with Gasteiger partial charge in [0.2, 0.25) is 0 Å². The molecule has 1 aliphatic carbocycles. The van der Waals surface area contributed by atoms with E-state index in [0.717, 1.165) is 50.9 Å². The van der Waals surface area contributed by atoms with Crippen molar-refractivity contribution in [2.75, 3.05) is 39.4 Å². The van der Waals surface area contributed by atoms with E-state index in [4.69, 9.17) is 9.73 Å². The van der Waals surface area contributed by atoms with Crippen molar-refractivity contribution in [3.05, 3.63) is 42.1 Å². The van der Waals surface area contributed by atoms with Gasteiger partial charge in [-0.1, -0.05) is 37.5 Å². The van der Waals surface area contributed by atoms with Gasteiger partial charge in [-0.05, 0) is 37.5 Å². The lowest BCUT2D eigenvalue weighted by molar-refractivity contribution is -0.0352. The van der Waals surface area contributed by atoms with Gasteiger partial charge >= 0.3 is 0 Å². The molecule has 0 atom stereocenters. The molecule has 1 saturated carbocycles. The van der Waals surface area contributed by atoms with E-state index in [1.807, 2.05) is 12.3 Å². The molecule has 1 saturated heterocycles. The Hall–Kier alpha value is -1.45. The summed E-state index contributed by atoms with van der Waals surface area (Å²) in [6.45, 7) is 8.34. The van der Waals surface area contributed by atoms with Crippen molar-refractivity contribution in [1.29, 1.82) is 0 Å². The monoisotopic (exact) mass is 537 g/mol. The van der Waals surface area contributed by atoms with E-state index >= 15 is 0 Å². The molecule has 6 nitrogen and oxygen atoms in total. The smallest absolute Gasteiger partial charge is 0.191 e. The lowest BCUT2D eigenvalue weighted by Crippen LogP contribution is -2.60. The summed E-state index contributed by atoms with van der Waals surface area (Å²) in [5, 5.41) is 8.31. The maximum Gasteiger partial charge on any atom is 0.191 e. The van der Waals surface area contributed by atoms with Crippen LogP contribution in [0.5, 0.6) is 0 Å². The van der Waals surface area contributed by atoms with Gasteiger partial charge in [0.15, 0.2) is 5.96 Å². The van der Waals surface area contributed by atoms with Crippen LogP contribution in [0, 0.1) is 0 Å². The molecule has 2 aliphatic rings. The molecule has 2 fully saturated rings. The molecule has 1 aromatic carbocycles. The third-order valence-electron chi connectivity index (χ3n) is 6.54. The first kappa shape index (κ1) is 24.2. The number of aliphatic imine (C=N–C) groups is 1. The molecule has 7 heteroatoms. The van der Waals surface area contributed by atoms with Crippen LogP contribution < -0.4 is 10.6 Å². The van der Waals surface area contributed by atoms with E-state index in [0.29, 0.717) is 6.54 Å².